The topological polar surface area (TPSA) is 75.7 Å². The highest BCUT2D eigenvalue weighted by Crippen LogP contribution is 2.22. The van der Waals surface area contributed by atoms with Crippen LogP contribution in [0.4, 0.5) is 11.4 Å². The van der Waals surface area contributed by atoms with Crippen molar-refractivity contribution in [1.29, 1.82) is 0 Å². The highest BCUT2D eigenvalue weighted by atomic mass is 32.2. The minimum Gasteiger partial charge on any atom is -0.375 e. The number of carbonyl (C=O) groups excluding carboxylic acids is 1. The van der Waals surface area contributed by atoms with E-state index in [0.29, 0.717) is 17.9 Å². The number of morpholine rings is 1. The van der Waals surface area contributed by atoms with Gasteiger partial charge in [0.2, 0.25) is 0 Å². The maximum absolute atomic E-state index is 12.6. The molecule has 1 aliphatic rings. The van der Waals surface area contributed by atoms with Crippen molar-refractivity contribution in [2.75, 3.05) is 36.2 Å². The lowest BCUT2D eigenvalue weighted by Gasteiger charge is -2.33. The van der Waals surface area contributed by atoms with Crippen molar-refractivity contribution in [3.05, 3.63) is 53.6 Å². The van der Waals surface area contributed by atoms with Gasteiger partial charge in [-0.25, -0.2) is 8.42 Å². The molecule has 6 nitrogen and oxygen atoms in total. The van der Waals surface area contributed by atoms with Crippen LogP contribution >= 0.6 is 0 Å². The van der Waals surface area contributed by atoms with Gasteiger partial charge in [0.25, 0.3) is 5.91 Å². The Hall–Kier alpha value is -2.38. The Morgan fingerprint density at radius 1 is 1.19 bits per heavy atom. The number of nitrogens with zero attached hydrogens (tertiary/aromatic N) is 1. The van der Waals surface area contributed by atoms with Crippen molar-refractivity contribution in [2.24, 2.45) is 0 Å². The van der Waals surface area contributed by atoms with Crippen LogP contribution in [0.15, 0.2) is 47.4 Å². The molecule has 0 bridgehead atoms. The van der Waals surface area contributed by atoms with E-state index in [4.69, 9.17) is 4.74 Å². The molecule has 1 atom stereocenters. The molecule has 0 aliphatic carbocycles. The summed E-state index contributed by atoms with van der Waals surface area (Å²) in [6, 6.07) is 12.2. The smallest absolute Gasteiger partial charge is 0.255 e. The molecule has 144 valence electrons. The van der Waals surface area contributed by atoms with Gasteiger partial charge in [0.1, 0.15) is 0 Å². The molecule has 1 aliphatic heterocycles. The molecule has 2 aromatic rings. The second-order valence-electron chi connectivity index (χ2n) is 6.88. The van der Waals surface area contributed by atoms with E-state index in [0.717, 1.165) is 30.6 Å². The van der Waals surface area contributed by atoms with E-state index >= 15 is 0 Å². The zero-order chi connectivity index (χ0) is 19.6. The van der Waals surface area contributed by atoms with E-state index in [9.17, 15) is 13.2 Å². The maximum atomic E-state index is 12.6. The molecule has 0 saturated carbocycles. The number of carbonyl (C=O) groups is 1. The fourth-order valence-corrected chi connectivity index (χ4v) is 3.73. The van der Waals surface area contributed by atoms with Crippen LogP contribution in [0.25, 0.3) is 0 Å². The first-order valence-electron chi connectivity index (χ1n) is 8.83. The number of nitrogens with one attached hydrogen (secondary N) is 1. The van der Waals surface area contributed by atoms with E-state index in [1.54, 1.807) is 13.0 Å². The Morgan fingerprint density at radius 3 is 2.52 bits per heavy atom. The number of benzene rings is 2. The molecule has 3 rings (SSSR count). The van der Waals surface area contributed by atoms with Crippen LogP contribution in [0.3, 0.4) is 0 Å². The van der Waals surface area contributed by atoms with Crippen LogP contribution in [0.5, 0.6) is 0 Å². The van der Waals surface area contributed by atoms with Crippen LogP contribution in [0.1, 0.15) is 22.8 Å². The fraction of sp³-hybridized carbons (Fsp3) is 0.350. The number of hydrogen-bond acceptors (Lipinski definition) is 5. The Bertz CT molecular complexity index is 939. The van der Waals surface area contributed by atoms with Gasteiger partial charge in [0.15, 0.2) is 9.84 Å². The second-order valence-corrected chi connectivity index (χ2v) is 8.89. The normalized spacial score (nSPS) is 17.6. The third kappa shape index (κ3) is 4.67. The Kier molecular flexibility index (Phi) is 5.53. The summed E-state index contributed by atoms with van der Waals surface area (Å²) >= 11 is 0. The molecule has 1 unspecified atom stereocenters. The summed E-state index contributed by atoms with van der Waals surface area (Å²) in [6.07, 6.45) is 1.33. The van der Waals surface area contributed by atoms with Crippen molar-refractivity contribution in [1.82, 2.24) is 0 Å². The molecule has 7 heteroatoms. The predicted octanol–water partition coefficient (Wildman–Crippen LogP) is 2.88. The van der Waals surface area contributed by atoms with Crippen molar-refractivity contribution < 1.29 is 17.9 Å². The summed E-state index contributed by atoms with van der Waals surface area (Å²) in [5.41, 5.74) is 2.82. The van der Waals surface area contributed by atoms with Crippen LogP contribution in [0.2, 0.25) is 0 Å². The molecule has 0 spiro atoms. The molecule has 0 radical (unpaired) electrons. The van der Waals surface area contributed by atoms with Crippen LogP contribution in [0, 0.1) is 6.92 Å². The molecule has 1 N–H and O–H groups in total. The molecular formula is C20H24N2O4S. The van der Waals surface area contributed by atoms with E-state index < -0.39 is 9.84 Å². The number of amides is 1. The lowest BCUT2D eigenvalue weighted by Crippen LogP contribution is -2.41. The van der Waals surface area contributed by atoms with Gasteiger partial charge >= 0.3 is 0 Å². The van der Waals surface area contributed by atoms with E-state index in [-0.39, 0.29) is 16.9 Å². The highest BCUT2D eigenvalue weighted by Gasteiger charge is 2.18. The second kappa shape index (κ2) is 7.70. The zero-order valence-electron chi connectivity index (χ0n) is 15.7. The monoisotopic (exact) mass is 388 g/mol. The minimum absolute atomic E-state index is 0.134. The standard InChI is InChI=1S/C20H24N2O4S/c1-14-4-9-18(27(3,24)25)12-19(14)20(23)21-16-5-7-17(8-6-16)22-10-11-26-15(2)13-22/h4-9,12,15H,10-11,13H2,1-3H3,(H,21,23). The third-order valence-electron chi connectivity index (χ3n) is 4.61. The Morgan fingerprint density at radius 2 is 1.89 bits per heavy atom. The average molecular weight is 388 g/mol. The van der Waals surface area contributed by atoms with Crippen LogP contribution in [-0.4, -0.2) is 46.4 Å². The summed E-state index contributed by atoms with van der Waals surface area (Å²) in [7, 11) is -3.37. The number of hydrogen-bond donors (Lipinski definition) is 1. The SMILES string of the molecule is Cc1ccc(S(C)(=O)=O)cc1C(=O)Nc1ccc(N2CCOC(C)C2)cc1. The van der Waals surface area contributed by atoms with Gasteiger partial charge in [-0.05, 0) is 55.8 Å². The zero-order valence-corrected chi connectivity index (χ0v) is 16.5. The van der Waals surface area contributed by atoms with Crippen molar-refractivity contribution >= 4 is 27.1 Å². The number of aryl methyl sites for hydroxylation is 1. The summed E-state index contributed by atoms with van der Waals surface area (Å²) in [4.78, 5) is 15.0. The van der Waals surface area contributed by atoms with Gasteiger partial charge < -0.3 is 15.0 Å². The number of sulfone groups is 1. The largest absolute Gasteiger partial charge is 0.375 e. The van der Waals surface area contributed by atoms with Crippen LogP contribution in [-0.2, 0) is 14.6 Å². The van der Waals surface area contributed by atoms with Gasteiger partial charge in [0.05, 0.1) is 17.6 Å². The predicted molar refractivity (Wildman–Crippen MR) is 106 cm³/mol. The van der Waals surface area contributed by atoms with Gasteiger partial charge in [0, 0.05) is 36.3 Å². The first-order valence-corrected chi connectivity index (χ1v) is 10.7. The summed E-state index contributed by atoms with van der Waals surface area (Å²) < 4.78 is 29.0. The summed E-state index contributed by atoms with van der Waals surface area (Å²) in [6.45, 7) is 6.21. The fourth-order valence-electron chi connectivity index (χ4n) is 3.08. The number of ether oxygens (including phenoxy) is 1. The molecule has 1 heterocycles. The molecule has 2 aromatic carbocycles. The van der Waals surface area contributed by atoms with Gasteiger partial charge in [-0.1, -0.05) is 6.07 Å². The first-order chi connectivity index (χ1) is 12.7. The van der Waals surface area contributed by atoms with E-state index in [1.165, 1.54) is 12.1 Å². The number of rotatable bonds is 4. The van der Waals surface area contributed by atoms with Crippen molar-refractivity contribution in [3.8, 4) is 0 Å². The summed E-state index contributed by atoms with van der Waals surface area (Å²) in [5.74, 6) is -0.328. The minimum atomic E-state index is -3.37. The lowest BCUT2D eigenvalue weighted by atomic mass is 10.1. The molecule has 1 fully saturated rings. The molecular weight excluding hydrogens is 364 g/mol. The van der Waals surface area contributed by atoms with Crippen LogP contribution < -0.4 is 10.2 Å². The van der Waals surface area contributed by atoms with Crippen molar-refractivity contribution in [3.63, 3.8) is 0 Å². The highest BCUT2D eigenvalue weighted by molar-refractivity contribution is 7.90. The van der Waals surface area contributed by atoms with Gasteiger partial charge in [-0.15, -0.1) is 0 Å². The number of anilines is 2. The maximum Gasteiger partial charge on any atom is 0.255 e. The molecule has 0 aromatic heterocycles. The van der Waals surface area contributed by atoms with Gasteiger partial charge in [-0.2, -0.15) is 0 Å². The van der Waals surface area contributed by atoms with E-state index in [2.05, 4.69) is 10.2 Å². The molecule has 1 amide bonds. The molecule has 1 saturated heterocycles. The lowest BCUT2D eigenvalue weighted by molar-refractivity contribution is 0.0532. The van der Waals surface area contributed by atoms with E-state index in [1.807, 2.05) is 31.2 Å². The first kappa shape index (κ1) is 19.4. The Balaban J connectivity index is 1.75. The van der Waals surface area contributed by atoms with Gasteiger partial charge in [-0.3, -0.25) is 4.79 Å². The average Bonchev–Trinajstić information content (AvgIpc) is 2.61. The molecule has 27 heavy (non-hydrogen) atoms. The summed E-state index contributed by atoms with van der Waals surface area (Å²) in [5, 5.41) is 2.84. The quantitative estimate of drug-likeness (QED) is 0.872. The van der Waals surface area contributed by atoms with Crippen molar-refractivity contribution in [2.45, 2.75) is 24.8 Å². The third-order valence-corrected chi connectivity index (χ3v) is 5.72. The Labute approximate surface area is 160 Å².